The Labute approximate surface area is 147 Å². The third kappa shape index (κ3) is 4.21. The van der Waals surface area contributed by atoms with Gasteiger partial charge >= 0.3 is 0 Å². The van der Waals surface area contributed by atoms with E-state index in [9.17, 15) is 4.79 Å². The number of carbonyl (C=O) groups excluding carboxylic acids is 1. The second-order valence-electron chi connectivity index (χ2n) is 7.42. The molecule has 2 aliphatic rings. The minimum Gasteiger partial charge on any atom is -0.493 e. The molecule has 1 aromatic carbocycles. The zero-order chi connectivity index (χ0) is 17.2. The van der Waals surface area contributed by atoms with E-state index < -0.39 is 0 Å². The second-order valence-corrected chi connectivity index (χ2v) is 7.42. The molecule has 2 fully saturated rings. The Balaban J connectivity index is 1.37. The van der Waals surface area contributed by atoms with Crippen LogP contribution < -0.4 is 4.74 Å². The molecule has 0 aliphatic heterocycles. The maximum atomic E-state index is 11.0. The SMILES string of the molecule is CC(=O)CO[C@H]1CC[C@H](c2nc3ccc(OCC4CC4)cc3o2)CC1. The molecule has 0 amide bonds. The minimum absolute atomic E-state index is 0.0841. The summed E-state index contributed by atoms with van der Waals surface area (Å²) in [6.07, 6.45) is 6.63. The van der Waals surface area contributed by atoms with Crippen LogP contribution in [0.4, 0.5) is 0 Å². The Morgan fingerprint density at radius 1 is 1.20 bits per heavy atom. The molecule has 0 spiro atoms. The van der Waals surface area contributed by atoms with E-state index >= 15 is 0 Å². The summed E-state index contributed by atoms with van der Waals surface area (Å²) < 4.78 is 17.5. The van der Waals surface area contributed by atoms with Gasteiger partial charge in [-0.1, -0.05) is 0 Å². The van der Waals surface area contributed by atoms with Gasteiger partial charge in [0.05, 0.1) is 12.7 Å². The largest absolute Gasteiger partial charge is 0.493 e. The van der Waals surface area contributed by atoms with Crippen LogP contribution in [0.15, 0.2) is 22.6 Å². The summed E-state index contributed by atoms with van der Waals surface area (Å²) in [5, 5.41) is 0. The molecule has 4 rings (SSSR count). The Morgan fingerprint density at radius 2 is 2.00 bits per heavy atom. The fourth-order valence-corrected chi connectivity index (χ4v) is 3.40. The van der Waals surface area contributed by atoms with Crippen molar-refractivity contribution in [3.63, 3.8) is 0 Å². The van der Waals surface area contributed by atoms with Gasteiger partial charge in [0, 0.05) is 12.0 Å². The smallest absolute Gasteiger partial charge is 0.198 e. The fraction of sp³-hybridized carbons (Fsp3) is 0.600. The number of nitrogens with zero attached hydrogens (tertiary/aromatic N) is 1. The van der Waals surface area contributed by atoms with Crippen molar-refractivity contribution in [3.05, 3.63) is 24.1 Å². The van der Waals surface area contributed by atoms with Crippen molar-refractivity contribution in [2.24, 2.45) is 5.92 Å². The number of oxazole rings is 1. The van der Waals surface area contributed by atoms with Gasteiger partial charge in [-0.05, 0) is 63.5 Å². The first kappa shape index (κ1) is 16.6. The molecular formula is C20H25NO4. The third-order valence-electron chi connectivity index (χ3n) is 5.10. The van der Waals surface area contributed by atoms with Crippen LogP contribution in [0.25, 0.3) is 11.1 Å². The van der Waals surface area contributed by atoms with Crippen molar-refractivity contribution < 1.29 is 18.7 Å². The summed E-state index contributed by atoms with van der Waals surface area (Å²) >= 11 is 0. The van der Waals surface area contributed by atoms with Crippen LogP contribution in [-0.4, -0.2) is 30.1 Å². The number of carbonyl (C=O) groups is 1. The average molecular weight is 343 g/mol. The lowest BCUT2D eigenvalue weighted by atomic mass is 9.87. The number of hydrogen-bond donors (Lipinski definition) is 0. The van der Waals surface area contributed by atoms with Gasteiger partial charge in [0.2, 0.25) is 0 Å². The molecule has 0 bridgehead atoms. The summed E-state index contributed by atoms with van der Waals surface area (Å²) in [5.41, 5.74) is 1.70. The summed E-state index contributed by atoms with van der Waals surface area (Å²) in [6.45, 7) is 2.59. The van der Waals surface area contributed by atoms with Gasteiger partial charge in [-0.3, -0.25) is 4.79 Å². The van der Waals surface area contributed by atoms with Gasteiger partial charge in [0.15, 0.2) is 17.3 Å². The Hall–Kier alpha value is -1.88. The molecule has 1 heterocycles. The number of ketones is 1. The minimum atomic E-state index is 0.0841. The van der Waals surface area contributed by atoms with Crippen LogP contribution in [-0.2, 0) is 9.53 Å². The predicted molar refractivity (Wildman–Crippen MR) is 93.9 cm³/mol. The predicted octanol–water partition coefficient (Wildman–Crippen LogP) is 4.25. The van der Waals surface area contributed by atoms with Gasteiger partial charge in [0.25, 0.3) is 0 Å². The van der Waals surface area contributed by atoms with E-state index in [1.54, 1.807) is 6.92 Å². The van der Waals surface area contributed by atoms with Gasteiger partial charge in [0.1, 0.15) is 17.9 Å². The molecule has 134 valence electrons. The number of Topliss-reactive ketones (excluding diaryl/α,β-unsaturated/α-hetero) is 1. The van der Waals surface area contributed by atoms with Crippen LogP contribution in [0.5, 0.6) is 5.75 Å². The van der Waals surface area contributed by atoms with Gasteiger partial charge < -0.3 is 13.9 Å². The van der Waals surface area contributed by atoms with Crippen molar-refractivity contribution >= 4 is 16.9 Å². The lowest BCUT2D eigenvalue weighted by Crippen LogP contribution is -2.23. The van der Waals surface area contributed by atoms with E-state index in [-0.39, 0.29) is 18.5 Å². The number of rotatable bonds is 7. The number of aromatic nitrogens is 1. The molecule has 25 heavy (non-hydrogen) atoms. The zero-order valence-electron chi connectivity index (χ0n) is 14.7. The molecule has 0 unspecified atom stereocenters. The maximum absolute atomic E-state index is 11.0. The molecule has 2 aromatic rings. The summed E-state index contributed by atoms with van der Waals surface area (Å²) in [7, 11) is 0. The van der Waals surface area contributed by atoms with Crippen molar-refractivity contribution in [3.8, 4) is 5.75 Å². The molecule has 5 nitrogen and oxygen atoms in total. The average Bonchev–Trinajstić information content (AvgIpc) is 3.35. The quantitative estimate of drug-likeness (QED) is 0.752. The summed E-state index contributed by atoms with van der Waals surface area (Å²) in [5.74, 6) is 2.84. The normalized spacial score (nSPS) is 23.7. The zero-order valence-corrected chi connectivity index (χ0v) is 14.7. The topological polar surface area (TPSA) is 61.6 Å². The Kier molecular flexibility index (Phi) is 4.75. The third-order valence-corrected chi connectivity index (χ3v) is 5.10. The molecule has 1 aromatic heterocycles. The Morgan fingerprint density at radius 3 is 2.72 bits per heavy atom. The highest BCUT2D eigenvalue weighted by Gasteiger charge is 2.27. The molecule has 5 heteroatoms. The van der Waals surface area contributed by atoms with Gasteiger partial charge in [-0.15, -0.1) is 0 Å². The van der Waals surface area contributed by atoms with Crippen molar-refractivity contribution in [2.45, 2.75) is 57.5 Å². The van der Waals surface area contributed by atoms with E-state index in [0.717, 1.165) is 60.9 Å². The maximum Gasteiger partial charge on any atom is 0.198 e. The summed E-state index contributed by atoms with van der Waals surface area (Å²) in [6, 6.07) is 5.91. The van der Waals surface area contributed by atoms with Crippen LogP contribution in [0.2, 0.25) is 0 Å². The standard InChI is InChI=1S/C20H25NO4/c1-13(22)11-23-16-6-4-15(5-7-16)20-21-18-9-8-17(10-19(18)25-20)24-12-14-2-3-14/h8-10,14-16H,2-7,11-12H2,1H3/t15-,16-. The first-order chi connectivity index (χ1) is 12.2. The number of ether oxygens (including phenoxy) is 2. The van der Waals surface area contributed by atoms with Crippen LogP contribution in [0.1, 0.15) is 57.3 Å². The first-order valence-corrected chi connectivity index (χ1v) is 9.31. The molecule has 0 saturated heterocycles. The highest BCUT2D eigenvalue weighted by molar-refractivity contribution is 5.76. The van der Waals surface area contributed by atoms with Crippen LogP contribution >= 0.6 is 0 Å². The fourth-order valence-electron chi connectivity index (χ4n) is 3.40. The van der Waals surface area contributed by atoms with Crippen LogP contribution in [0, 0.1) is 5.92 Å². The van der Waals surface area contributed by atoms with Gasteiger partial charge in [-0.25, -0.2) is 4.98 Å². The van der Waals surface area contributed by atoms with E-state index in [1.807, 2.05) is 18.2 Å². The molecule has 0 atom stereocenters. The van der Waals surface area contributed by atoms with E-state index in [4.69, 9.17) is 13.9 Å². The monoisotopic (exact) mass is 343 g/mol. The van der Waals surface area contributed by atoms with Crippen molar-refractivity contribution in [2.75, 3.05) is 13.2 Å². The molecular weight excluding hydrogens is 318 g/mol. The molecule has 0 radical (unpaired) electrons. The van der Waals surface area contributed by atoms with E-state index in [2.05, 4.69) is 4.98 Å². The van der Waals surface area contributed by atoms with E-state index in [1.165, 1.54) is 12.8 Å². The first-order valence-electron chi connectivity index (χ1n) is 9.31. The lowest BCUT2D eigenvalue weighted by molar-refractivity contribution is -0.124. The molecule has 2 aliphatic carbocycles. The summed E-state index contributed by atoms with van der Waals surface area (Å²) in [4.78, 5) is 15.7. The number of hydrogen-bond acceptors (Lipinski definition) is 5. The van der Waals surface area contributed by atoms with Crippen LogP contribution in [0.3, 0.4) is 0 Å². The van der Waals surface area contributed by atoms with Crippen molar-refractivity contribution in [1.29, 1.82) is 0 Å². The van der Waals surface area contributed by atoms with Crippen molar-refractivity contribution in [1.82, 2.24) is 4.98 Å². The molecule has 2 saturated carbocycles. The number of fused-ring (bicyclic) bond motifs is 1. The second kappa shape index (κ2) is 7.16. The highest BCUT2D eigenvalue weighted by atomic mass is 16.5. The van der Waals surface area contributed by atoms with E-state index in [0.29, 0.717) is 5.92 Å². The van der Waals surface area contributed by atoms with Gasteiger partial charge in [-0.2, -0.15) is 0 Å². The highest BCUT2D eigenvalue weighted by Crippen LogP contribution is 2.36. The lowest BCUT2D eigenvalue weighted by Gasteiger charge is -2.26. The Bertz CT molecular complexity index is 741. The molecule has 0 N–H and O–H groups in total. The number of benzene rings is 1.